The van der Waals surface area contributed by atoms with Crippen LogP contribution in [0.4, 0.5) is 17.6 Å². The van der Waals surface area contributed by atoms with Crippen molar-refractivity contribution in [2.24, 2.45) is 5.92 Å². The summed E-state index contributed by atoms with van der Waals surface area (Å²) < 4.78 is 16.8. The van der Waals surface area contributed by atoms with Gasteiger partial charge in [0.25, 0.3) is 0 Å². The highest BCUT2D eigenvalue weighted by Crippen LogP contribution is 2.37. The lowest BCUT2D eigenvalue weighted by Crippen LogP contribution is -2.40. The predicted molar refractivity (Wildman–Crippen MR) is 171 cm³/mol. The number of hydrogen-bond acceptors (Lipinski definition) is 13. The maximum absolute atomic E-state index is 9.10. The molecule has 0 saturated carbocycles. The Kier molecular flexibility index (Phi) is 10.5. The molecule has 2 N–H and O–H groups in total. The van der Waals surface area contributed by atoms with Crippen molar-refractivity contribution >= 4 is 40.6 Å². The van der Waals surface area contributed by atoms with Crippen molar-refractivity contribution in [2.75, 3.05) is 95.5 Å². The first kappa shape index (κ1) is 32.9. The van der Waals surface area contributed by atoms with Crippen molar-refractivity contribution in [3.63, 3.8) is 0 Å². The van der Waals surface area contributed by atoms with Crippen molar-refractivity contribution in [1.29, 1.82) is 0 Å². The minimum absolute atomic E-state index is 0.683. The normalized spacial score (nSPS) is 16.9. The van der Waals surface area contributed by atoms with Crippen LogP contribution in [0.25, 0.3) is 11.0 Å². The van der Waals surface area contributed by atoms with Gasteiger partial charge in [-0.1, -0.05) is 0 Å². The van der Waals surface area contributed by atoms with Gasteiger partial charge in [-0.3, -0.25) is 0 Å². The fourth-order valence-electron chi connectivity index (χ4n) is 6.17. The molecule has 3 aliphatic heterocycles. The number of morpholine rings is 1. The number of carboxylic acids is 2. The number of fused-ring (bicyclic) bond motifs is 2. The number of methoxy groups -OCH3 is 2. The molecule has 5 heterocycles. The van der Waals surface area contributed by atoms with Crippen LogP contribution in [0.5, 0.6) is 11.5 Å². The lowest BCUT2D eigenvalue weighted by molar-refractivity contribution is -0.159. The summed E-state index contributed by atoms with van der Waals surface area (Å²) in [4.78, 5) is 47.3. The summed E-state index contributed by atoms with van der Waals surface area (Å²) in [7, 11) is 7.67. The van der Waals surface area contributed by atoms with E-state index in [1.165, 1.54) is 11.1 Å². The number of aromatic nitrogens is 4. The Balaban J connectivity index is 0.000000635. The van der Waals surface area contributed by atoms with E-state index in [0.717, 1.165) is 98.6 Å². The minimum atomic E-state index is -1.82. The molecule has 2 fully saturated rings. The van der Waals surface area contributed by atoms with Gasteiger partial charge in [0.1, 0.15) is 17.4 Å². The molecule has 15 heteroatoms. The van der Waals surface area contributed by atoms with Gasteiger partial charge < -0.3 is 44.0 Å². The van der Waals surface area contributed by atoms with E-state index in [1.54, 1.807) is 20.5 Å². The number of rotatable bonds is 7. The van der Waals surface area contributed by atoms with Gasteiger partial charge in [-0.15, -0.1) is 0 Å². The molecule has 0 spiro atoms. The summed E-state index contributed by atoms with van der Waals surface area (Å²) in [6, 6.07) is 4.18. The van der Waals surface area contributed by atoms with E-state index in [-0.39, 0.29) is 0 Å². The van der Waals surface area contributed by atoms with Crippen molar-refractivity contribution in [2.45, 2.75) is 25.8 Å². The summed E-state index contributed by atoms with van der Waals surface area (Å²) >= 11 is 0. The summed E-state index contributed by atoms with van der Waals surface area (Å²) in [6.45, 7) is 7.51. The zero-order chi connectivity index (χ0) is 32.8. The molecular formula is C31H42N8O7. The first-order chi connectivity index (χ1) is 22.2. The van der Waals surface area contributed by atoms with Crippen molar-refractivity contribution in [3.8, 4) is 11.5 Å². The fraction of sp³-hybridized carbons (Fsp3) is 0.548. The van der Waals surface area contributed by atoms with Crippen molar-refractivity contribution in [3.05, 3.63) is 29.6 Å². The molecule has 0 radical (unpaired) electrons. The Morgan fingerprint density at radius 1 is 0.848 bits per heavy atom. The molecule has 248 valence electrons. The molecule has 6 rings (SSSR count). The maximum atomic E-state index is 9.10. The topological polar surface area (TPSA) is 167 Å². The molecule has 0 atom stereocenters. The van der Waals surface area contributed by atoms with Crippen LogP contribution in [0.1, 0.15) is 24.0 Å². The Labute approximate surface area is 267 Å². The van der Waals surface area contributed by atoms with Crippen LogP contribution in [0.3, 0.4) is 0 Å². The average molecular weight is 639 g/mol. The number of piperidine rings is 1. The van der Waals surface area contributed by atoms with E-state index in [2.05, 4.69) is 45.8 Å². The molecule has 15 nitrogen and oxygen atoms in total. The molecule has 2 aromatic heterocycles. The second-order valence-electron chi connectivity index (χ2n) is 11.8. The molecule has 46 heavy (non-hydrogen) atoms. The maximum Gasteiger partial charge on any atom is 0.414 e. The summed E-state index contributed by atoms with van der Waals surface area (Å²) in [6.07, 6.45) is 4.81. The zero-order valence-corrected chi connectivity index (χ0v) is 26.8. The van der Waals surface area contributed by atoms with Crippen LogP contribution in [0.15, 0.2) is 18.5 Å². The Hall–Kier alpha value is -4.50. The Morgan fingerprint density at radius 3 is 2.11 bits per heavy atom. The third-order valence-corrected chi connectivity index (χ3v) is 8.46. The standard InChI is InChI=1S/C29H40N8O3.C2H2O4/c1-34(2)17-20-5-8-36(9-6-20)29-32-26-25(28(33-29)35-11-13-40-14-12-35)30-19-31-27(26)37-10-7-21-15-23(38-3)24(39-4)16-22(21)18-37;3-1(4)2(5)6/h15-16,19-20H,5-14,17-18H2,1-4H3;(H,3,4)(H,5,6). The molecule has 0 bridgehead atoms. The van der Waals surface area contributed by atoms with Gasteiger partial charge >= 0.3 is 11.9 Å². The molecule has 0 amide bonds. The van der Waals surface area contributed by atoms with Crippen LogP contribution in [0, 0.1) is 5.92 Å². The fourth-order valence-corrected chi connectivity index (χ4v) is 6.17. The largest absolute Gasteiger partial charge is 0.493 e. The van der Waals surface area contributed by atoms with Gasteiger partial charge in [0, 0.05) is 45.8 Å². The number of carbonyl (C=O) groups is 2. The quantitative estimate of drug-likeness (QED) is 0.359. The van der Waals surface area contributed by atoms with Gasteiger partial charge in [-0.25, -0.2) is 24.5 Å². The summed E-state index contributed by atoms with van der Waals surface area (Å²) in [5.41, 5.74) is 4.10. The van der Waals surface area contributed by atoms with Crippen molar-refractivity contribution in [1.82, 2.24) is 24.8 Å². The second kappa shape index (κ2) is 14.7. The number of benzene rings is 1. The van der Waals surface area contributed by atoms with Crippen molar-refractivity contribution < 1.29 is 34.0 Å². The average Bonchev–Trinajstić information content (AvgIpc) is 3.07. The number of carboxylic acid groups (broad SMARTS) is 2. The van der Waals surface area contributed by atoms with Gasteiger partial charge in [0.2, 0.25) is 5.95 Å². The van der Waals surface area contributed by atoms with Gasteiger partial charge in [-0.05, 0) is 62.5 Å². The molecule has 3 aromatic rings. The smallest absolute Gasteiger partial charge is 0.414 e. The Morgan fingerprint density at radius 2 is 1.50 bits per heavy atom. The monoisotopic (exact) mass is 638 g/mol. The SMILES string of the molecule is COc1cc2c(cc1OC)CN(c1ncnc3c(N4CCOCC4)nc(N4CCC(CN(C)C)CC4)nc13)CC2.O=C(O)C(=O)O. The van der Waals surface area contributed by atoms with E-state index in [0.29, 0.717) is 25.7 Å². The third kappa shape index (κ3) is 7.48. The summed E-state index contributed by atoms with van der Waals surface area (Å²) in [5.74, 6) is 1.07. The minimum Gasteiger partial charge on any atom is -0.493 e. The van der Waals surface area contributed by atoms with Crippen LogP contribution >= 0.6 is 0 Å². The number of aliphatic carboxylic acids is 2. The van der Waals surface area contributed by atoms with E-state index < -0.39 is 11.9 Å². The number of nitrogens with zero attached hydrogens (tertiary/aromatic N) is 8. The van der Waals surface area contributed by atoms with E-state index >= 15 is 0 Å². The summed E-state index contributed by atoms with van der Waals surface area (Å²) in [5, 5.41) is 14.8. The van der Waals surface area contributed by atoms with Gasteiger partial charge in [0.15, 0.2) is 23.1 Å². The van der Waals surface area contributed by atoms with E-state index in [1.807, 2.05) is 0 Å². The highest BCUT2D eigenvalue weighted by Gasteiger charge is 2.28. The zero-order valence-electron chi connectivity index (χ0n) is 26.8. The van der Waals surface area contributed by atoms with Crippen LogP contribution in [0.2, 0.25) is 0 Å². The molecule has 1 aromatic carbocycles. The van der Waals surface area contributed by atoms with Gasteiger partial charge in [-0.2, -0.15) is 4.98 Å². The second-order valence-corrected chi connectivity index (χ2v) is 11.8. The van der Waals surface area contributed by atoms with E-state index in [9.17, 15) is 0 Å². The third-order valence-electron chi connectivity index (χ3n) is 8.46. The first-order valence-electron chi connectivity index (χ1n) is 15.4. The molecular weight excluding hydrogens is 596 g/mol. The highest BCUT2D eigenvalue weighted by atomic mass is 16.5. The molecule has 3 aliphatic rings. The lowest BCUT2D eigenvalue weighted by Gasteiger charge is -2.35. The van der Waals surface area contributed by atoms with E-state index in [4.69, 9.17) is 53.9 Å². The van der Waals surface area contributed by atoms with Crippen LogP contribution in [-0.2, 0) is 27.3 Å². The number of ether oxygens (including phenoxy) is 3. The highest BCUT2D eigenvalue weighted by molar-refractivity contribution is 6.27. The van der Waals surface area contributed by atoms with Crippen LogP contribution in [-0.4, -0.2) is 128 Å². The lowest BCUT2D eigenvalue weighted by atomic mass is 9.97. The number of anilines is 3. The molecule has 2 saturated heterocycles. The molecule has 0 aliphatic carbocycles. The first-order valence-corrected chi connectivity index (χ1v) is 15.4. The van der Waals surface area contributed by atoms with Gasteiger partial charge in [0.05, 0.1) is 27.4 Å². The van der Waals surface area contributed by atoms with Crippen LogP contribution < -0.4 is 24.2 Å². The Bertz CT molecular complexity index is 1530. The number of hydrogen-bond donors (Lipinski definition) is 2. The predicted octanol–water partition coefficient (Wildman–Crippen LogP) is 1.77. The molecule has 0 unspecified atom stereocenters.